The summed E-state index contributed by atoms with van der Waals surface area (Å²) in [4.78, 5) is 12.7. The highest BCUT2D eigenvalue weighted by Crippen LogP contribution is 2.56. The number of anilines is 1. The number of esters is 1. The zero-order valence-electron chi connectivity index (χ0n) is 13.0. The molecule has 0 fully saturated rings. The summed E-state index contributed by atoms with van der Waals surface area (Å²) < 4.78 is 12.0. The van der Waals surface area contributed by atoms with Crippen LogP contribution in [0.2, 0.25) is 5.02 Å². The standard InChI is InChI=1S/C20H12ClNO3/c21-11-9-14-18(15(22)10-11)19(23)25-20(14)12-5-1-3-7-16(12)24-17-8-4-2-6-13(17)20/h1-10H,22H2. The van der Waals surface area contributed by atoms with Gasteiger partial charge in [-0.2, -0.15) is 0 Å². The number of carbonyl (C=O) groups is 1. The number of benzene rings is 3. The zero-order valence-corrected chi connectivity index (χ0v) is 13.7. The lowest BCUT2D eigenvalue weighted by atomic mass is 9.77. The fourth-order valence-corrected chi connectivity index (χ4v) is 3.96. The molecule has 0 aliphatic carbocycles. The third-order valence-corrected chi connectivity index (χ3v) is 4.93. The molecular weight excluding hydrogens is 338 g/mol. The lowest BCUT2D eigenvalue weighted by Gasteiger charge is -2.36. The Bertz CT molecular complexity index is 1020. The van der Waals surface area contributed by atoms with E-state index in [2.05, 4.69) is 0 Å². The molecule has 1 spiro atoms. The third-order valence-electron chi connectivity index (χ3n) is 4.72. The maximum atomic E-state index is 12.7. The lowest BCUT2D eigenvalue weighted by molar-refractivity contribution is 0.0225. The van der Waals surface area contributed by atoms with Gasteiger partial charge in [0.1, 0.15) is 11.5 Å². The first kappa shape index (κ1) is 14.4. The largest absolute Gasteiger partial charge is 0.456 e. The SMILES string of the molecule is Nc1cc(Cl)cc2c1C(=O)OC21c2ccccc2Oc2ccccc21. The predicted molar refractivity (Wildman–Crippen MR) is 94.1 cm³/mol. The summed E-state index contributed by atoms with van der Waals surface area (Å²) in [5.74, 6) is 0.816. The molecule has 2 aliphatic heterocycles. The molecule has 0 aromatic heterocycles. The highest BCUT2D eigenvalue weighted by atomic mass is 35.5. The molecule has 0 saturated carbocycles. The summed E-state index contributed by atoms with van der Waals surface area (Å²) in [6.45, 7) is 0. The van der Waals surface area contributed by atoms with Gasteiger partial charge in [0.2, 0.25) is 0 Å². The molecule has 0 unspecified atom stereocenters. The monoisotopic (exact) mass is 349 g/mol. The fourth-order valence-electron chi connectivity index (χ4n) is 3.74. The van der Waals surface area contributed by atoms with Gasteiger partial charge in [0, 0.05) is 27.4 Å². The number of para-hydroxylation sites is 2. The van der Waals surface area contributed by atoms with Gasteiger partial charge in [-0.25, -0.2) is 4.79 Å². The molecule has 0 radical (unpaired) electrons. The predicted octanol–water partition coefficient (Wildman–Crippen LogP) is 4.49. The number of fused-ring (bicyclic) bond motifs is 6. The average Bonchev–Trinajstić information content (AvgIpc) is 2.89. The van der Waals surface area contributed by atoms with Crippen LogP contribution in [0.15, 0.2) is 60.7 Å². The fraction of sp³-hybridized carbons (Fsp3) is 0.0500. The molecule has 2 heterocycles. The first-order valence-electron chi connectivity index (χ1n) is 7.81. The minimum atomic E-state index is -1.11. The van der Waals surface area contributed by atoms with Gasteiger partial charge in [-0.3, -0.25) is 0 Å². The highest BCUT2D eigenvalue weighted by Gasteiger charge is 2.54. The second-order valence-electron chi connectivity index (χ2n) is 6.08. The van der Waals surface area contributed by atoms with Crippen molar-refractivity contribution < 1.29 is 14.3 Å². The summed E-state index contributed by atoms with van der Waals surface area (Å²) in [5, 5.41) is 0.454. The van der Waals surface area contributed by atoms with E-state index < -0.39 is 11.6 Å². The van der Waals surface area contributed by atoms with Gasteiger partial charge in [0.15, 0.2) is 5.60 Å². The van der Waals surface area contributed by atoms with Gasteiger partial charge in [-0.15, -0.1) is 0 Å². The van der Waals surface area contributed by atoms with Gasteiger partial charge in [0.25, 0.3) is 0 Å². The van der Waals surface area contributed by atoms with Crippen LogP contribution < -0.4 is 10.5 Å². The van der Waals surface area contributed by atoms with Crippen molar-refractivity contribution in [3.63, 3.8) is 0 Å². The van der Waals surface area contributed by atoms with Crippen LogP contribution in [-0.4, -0.2) is 5.97 Å². The summed E-state index contributed by atoms with van der Waals surface area (Å²) >= 11 is 6.25. The van der Waals surface area contributed by atoms with Crippen LogP contribution in [0.1, 0.15) is 27.0 Å². The van der Waals surface area contributed by atoms with Gasteiger partial charge < -0.3 is 15.2 Å². The number of nitrogens with two attached hydrogens (primary N) is 1. The summed E-state index contributed by atoms with van der Waals surface area (Å²) in [7, 11) is 0. The number of ether oxygens (including phenoxy) is 2. The number of nitrogen functional groups attached to an aromatic ring is 1. The van der Waals surface area contributed by atoms with Crippen LogP contribution in [0, 0.1) is 0 Å². The minimum Gasteiger partial charge on any atom is -0.456 e. The molecule has 0 saturated heterocycles. The second kappa shape index (κ2) is 4.77. The van der Waals surface area contributed by atoms with E-state index in [1.807, 2.05) is 48.5 Å². The van der Waals surface area contributed by atoms with E-state index in [1.54, 1.807) is 12.1 Å². The Balaban J connectivity index is 1.95. The molecule has 25 heavy (non-hydrogen) atoms. The van der Waals surface area contributed by atoms with E-state index in [0.29, 0.717) is 33.3 Å². The Hall–Kier alpha value is -2.98. The van der Waals surface area contributed by atoms with Gasteiger partial charge in [-0.05, 0) is 24.3 Å². The molecule has 5 rings (SSSR count). The molecule has 2 aliphatic rings. The van der Waals surface area contributed by atoms with Crippen LogP contribution in [0.3, 0.4) is 0 Å². The Morgan fingerprint density at radius 1 is 0.880 bits per heavy atom. The van der Waals surface area contributed by atoms with Gasteiger partial charge in [0.05, 0.1) is 5.56 Å². The van der Waals surface area contributed by atoms with E-state index in [4.69, 9.17) is 26.8 Å². The van der Waals surface area contributed by atoms with Crippen molar-refractivity contribution in [2.45, 2.75) is 5.60 Å². The van der Waals surface area contributed by atoms with Gasteiger partial charge >= 0.3 is 5.97 Å². The van der Waals surface area contributed by atoms with E-state index >= 15 is 0 Å². The Morgan fingerprint density at radius 3 is 2.12 bits per heavy atom. The topological polar surface area (TPSA) is 61.6 Å². The summed E-state index contributed by atoms with van der Waals surface area (Å²) in [6.07, 6.45) is 0. The van der Waals surface area contributed by atoms with Crippen molar-refractivity contribution in [1.29, 1.82) is 0 Å². The summed E-state index contributed by atoms with van der Waals surface area (Å²) in [6, 6.07) is 18.3. The number of hydrogen-bond acceptors (Lipinski definition) is 4. The Kier molecular flexibility index (Phi) is 2.74. The zero-order chi connectivity index (χ0) is 17.2. The molecule has 0 bridgehead atoms. The maximum Gasteiger partial charge on any atom is 0.342 e. The van der Waals surface area contributed by atoms with Crippen molar-refractivity contribution in [3.05, 3.63) is 87.9 Å². The van der Waals surface area contributed by atoms with Crippen LogP contribution >= 0.6 is 11.6 Å². The molecule has 3 aromatic rings. The average molecular weight is 350 g/mol. The van der Waals surface area contributed by atoms with E-state index in [9.17, 15) is 4.79 Å². The number of hydrogen-bond donors (Lipinski definition) is 1. The number of rotatable bonds is 0. The third kappa shape index (κ3) is 1.74. The van der Waals surface area contributed by atoms with Gasteiger partial charge in [-0.1, -0.05) is 48.0 Å². The van der Waals surface area contributed by atoms with Crippen molar-refractivity contribution in [1.82, 2.24) is 0 Å². The second-order valence-corrected chi connectivity index (χ2v) is 6.52. The number of halogens is 1. The van der Waals surface area contributed by atoms with Crippen LogP contribution in [0.4, 0.5) is 5.69 Å². The molecule has 0 amide bonds. The summed E-state index contributed by atoms with van der Waals surface area (Å²) in [5.41, 5.74) is 7.78. The van der Waals surface area contributed by atoms with Crippen molar-refractivity contribution in [2.24, 2.45) is 0 Å². The normalized spacial score (nSPS) is 15.8. The first-order chi connectivity index (χ1) is 12.1. The maximum absolute atomic E-state index is 12.7. The molecule has 2 N–H and O–H groups in total. The quantitative estimate of drug-likeness (QED) is 0.480. The van der Waals surface area contributed by atoms with E-state index in [-0.39, 0.29) is 0 Å². The molecule has 4 nitrogen and oxygen atoms in total. The molecule has 3 aromatic carbocycles. The molecule has 5 heteroatoms. The molecule has 0 atom stereocenters. The minimum absolute atomic E-state index is 0.311. The van der Waals surface area contributed by atoms with Crippen molar-refractivity contribution in [2.75, 3.05) is 5.73 Å². The highest BCUT2D eigenvalue weighted by molar-refractivity contribution is 6.31. The lowest BCUT2D eigenvalue weighted by Crippen LogP contribution is -2.32. The smallest absolute Gasteiger partial charge is 0.342 e. The van der Waals surface area contributed by atoms with Crippen molar-refractivity contribution >= 4 is 23.3 Å². The van der Waals surface area contributed by atoms with Crippen LogP contribution in [0.5, 0.6) is 11.5 Å². The van der Waals surface area contributed by atoms with Crippen LogP contribution in [-0.2, 0) is 10.3 Å². The molecule has 122 valence electrons. The number of carbonyl (C=O) groups excluding carboxylic acids is 1. The van der Waals surface area contributed by atoms with E-state index in [0.717, 1.165) is 11.1 Å². The first-order valence-corrected chi connectivity index (χ1v) is 8.19. The van der Waals surface area contributed by atoms with E-state index in [1.165, 1.54) is 0 Å². The Morgan fingerprint density at radius 2 is 1.48 bits per heavy atom. The van der Waals surface area contributed by atoms with Crippen molar-refractivity contribution in [3.8, 4) is 11.5 Å². The Labute approximate surface area is 148 Å². The molecular formula is C20H12ClNO3. The van der Waals surface area contributed by atoms with Crippen LogP contribution in [0.25, 0.3) is 0 Å².